The monoisotopic (exact) mass is 302 g/mol. The fourth-order valence-electron chi connectivity index (χ4n) is 2.46. The molecule has 1 aliphatic carbocycles. The van der Waals surface area contributed by atoms with E-state index in [1.54, 1.807) is 0 Å². The third-order valence-corrected chi connectivity index (χ3v) is 3.72. The predicted molar refractivity (Wildman–Crippen MR) is 71.3 cm³/mol. The zero-order valence-electron chi connectivity index (χ0n) is 11.3. The minimum Gasteiger partial charge on any atom is -0.396 e. The van der Waals surface area contributed by atoms with Gasteiger partial charge in [0.15, 0.2) is 17.5 Å². The summed E-state index contributed by atoms with van der Waals surface area (Å²) in [6.07, 6.45) is 3.06. The average molecular weight is 302 g/mol. The fraction of sp³-hybridized carbons (Fsp3) is 0.500. The molecule has 7 heteroatoms. The van der Waals surface area contributed by atoms with E-state index in [4.69, 9.17) is 5.11 Å². The molecule has 0 radical (unpaired) electrons. The normalized spacial score (nSPS) is 21.9. The zero-order chi connectivity index (χ0) is 15.4. The molecular weight excluding hydrogens is 285 g/mol. The van der Waals surface area contributed by atoms with Gasteiger partial charge in [-0.2, -0.15) is 0 Å². The lowest BCUT2D eigenvalue weighted by Crippen LogP contribution is -2.40. The van der Waals surface area contributed by atoms with Crippen LogP contribution in [0.3, 0.4) is 0 Å². The highest BCUT2D eigenvalue weighted by molar-refractivity contribution is 5.89. The Balaban J connectivity index is 1.89. The van der Waals surface area contributed by atoms with Gasteiger partial charge in [-0.05, 0) is 43.7 Å². The lowest BCUT2D eigenvalue weighted by molar-refractivity contribution is 0.176. The third-order valence-electron chi connectivity index (χ3n) is 3.72. The largest absolute Gasteiger partial charge is 0.396 e. The van der Waals surface area contributed by atoms with Crippen LogP contribution >= 0.6 is 0 Å². The van der Waals surface area contributed by atoms with Crippen LogP contribution in [0.15, 0.2) is 12.1 Å². The molecule has 1 aliphatic rings. The summed E-state index contributed by atoms with van der Waals surface area (Å²) in [5.74, 6) is -4.08. The lowest BCUT2D eigenvalue weighted by atomic mass is 9.87. The van der Waals surface area contributed by atoms with Gasteiger partial charge in [0, 0.05) is 12.6 Å². The number of nitrogens with one attached hydrogen (secondary N) is 2. The number of hydrogen-bond donors (Lipinski definition) is 3. The van der Waals surface area contributed by atoms with E-state index in [1.165, 1.54) is 0 Å². The Labute approximate surface area is 120 Å². The van der Waals surface area contributed by atoms with Crippen molar-refractivity contribution in [3.63, 3.8) is 0 Å². The molecule has 1 aromatic carbocycles. The molecule has 0 spiro atoms. The highest BCUT2D eigenvalue weighted by Gasteiger charge is 2.22. The van der Waals surface area contributed by atoms with Gasteiger partial charge in [0.05, 0.1) is 5.69 Å². The maximum atomic E-state index is 13.4. The fourth-order valence-corrected chi connectivity index (χ4v) is 2.46. The molecule has 4 nitrogen and oxygen atoms in total. The standard InChI is InChI=1S/C14H17F3N2O2/c15-10-5-6-11(13(17)12(10)16)19-14(21)18-9-3-1-8(7-20)2-4-9/h5-6,8-9,20H,1-4,7H2,(H2,18,19,21). The second kappa shape index (κ2) is 6.80. The topological polar surface area (TPSA) is 61.4 Å². The van der Waals surface area contributed by atoms with Crippen LogP contribution in [-0.4, -0.2) is 23.8 Å². The van der Waals surface area contributed by atoms with Gasteiger partial charge >= 0.3 is 6.03 Å². The van der Waals surface area contributed by atoms with Crippen LogP contribution < -0.4 is 10.6 Å². The van der Waals surface area contributed by atoms with Gasteiger partial charge in [-0.15, -0.1) is 0 Å². The van der Waals surface area contributed by atoms with Gasteiger partial charge in [0.2, 0.25) is 0 Å². The van der Waals surface area contributed by atoms with E-state index in [1.807, 2.05) is 0 Å². The first kappa shape index (κ1) is 15.6. The van der Waals surface area contributed by atoms with Crippen molar-refractivity contribution in [2.45, 2.75) is 31.7 Å². The molecule has 2 rings (SSSR count). The van der Waals surface area contributed by atoms with E-state index < -0.39 is 29.2 Å². The molecule has 0 bridgehead atoms. The molecule has 116 valence electrons. The number of halogens is 3. The first-order valence-corrected chi connectivity index (χ1v) is 6.83. The summed E-state index contributed by atoms with van der Waals surface area (Å²) < 4.78 is 39.2. The van der Waals surface area contributed by atoms with Crippen molar-refractivity contribution in [3.8, 4) is 0 Å². The molecule has 3 N–H and O–H groups in total. The van der Waals surface area contributed by atoms with Crippen molar-refractivity contribution in [2.75, 3.05) is 11.9 Å². The molecule has 0 saturated heterocycles. The van der Waals surface area contributed by atoms with Gasteiger partial charge < -0.3 is 15.7 Å². The van der Waals surface area contributed by atoms with Crippen LogP contribution in [0.5, 0.6) is 0 Å². The van der Waals surface area contributed by atoms with Crippen molar-refractivity contribution in [2.24, 2.45) is 5.92 Å². The third kappa shape index (κ3) is 3.87. The Hall–Kier alpha value is -1.76. The summed E-state index contributed by atoms with van der Waals surface area (Å²) >= 11 is 0. The summed E-state index contributed by atoms with van der Waals surface area (Å²) in [4.78, 5) is 11.7. The number of carbonyl (C=O) groups is 1. The number of amides is 2. The number of aliphatic hydroxyl groups excluding tert-OH is 1. The number of anilines is 1. The summed E-state index contributed by atoms with van der Waals surface area (Å²) in [6, 6.07) is 0.990. The summed E-state index contributed by atoms with van der Waals surface area (Å²) in [7, 11) is 0. The molecule has 0 heterocycles. The number of urea groups is 1. The molecular formula is C14H17F3N2O2. The first-order chi connectivity index (χ1) is 10.0. The van der Waals surface area contributed by atoms with Crippen LogP contribution in [0.25, 0.3) is 0 Å². The van der Waals surface area contributed by atoms with E-state index in [9.17, 15) is 18.0 Å². The Bertz CT molecular complexity index is 517. The number of aliphatic hydroxyl groups is 1. The van der Waals surface area contributed by atoms with E-state index >= 15 is 0 Å². The summed E-state index contributed by atoms with van der Waals surface area (Å²) in [5, 5.41) is 13.9. The molecule has 0 unspecified atom stereocenters. The second-order valence-corrected chi connectivity index (χ2v) is 5.22. The van der Waals surface area contributed by atoms with Crippen LogP contribution in [0.2, 0.25) is 0 Å². The van der Waals surface area contributed by atoms with Crippen LogP contribution in [0, 0.1) is 23.4 Å². The Morgan fingerprint density at radius 1 is 1.14 bits per heavy atom. The molecule has 2 amide bonds. The number of rotatable bonds is 3. The highest BCUT2D eigenvalue weighted by atomic mass is 19.2. The summed E-state index contributed by atoms with van der Waals surface area (Å²) in [5.41, 5.74) is -0.407. The Morgan fingerprint density at radius 3 is 2.43 bits per heavy atom. The van der Waals surface area contributed by atoms with E-state index in [0.717, 1.165) is 37.8 Å². The summed E-state index contributed by atoms with van der Waals surface area (Å²) in [6.45, 7) is 0.138. The van der Waals surface area contributed by atoms with Crippen molar-refractivity contribution in [1.29, 1.82) is 0 Å². The second-order valence-electron chi connectivity index (χ2n) is 5.22. The maximum Gasteiger partial charge on any atom is 0.319 e. The maximum absolute atomic E-state index is 13.4. The minimum atomic E-state index is -1.61. The molecule has 0 aliphatic heterocycles. The number of carbonyl (C=O) groups excluding carboxylic acids is 1. The van der Waals surface area contributed by atoms with Gasteiger partial charge in [-0.1, -0.05) is 0 Å². The number of hydrogen-bond acceptors (Lipinski definition) is 2. The Morgan fingerprint density at radius 2 is 1.81 bits per heavy atom. The van der Waals surface area contributed by atoms with Gasteiger partial charge in [-0.25, -0.2) is 18.0 Å². The smallest absolute Gasteiger partial charge is 0.319 e. The van der Waals surface area contributed by atoms with Gasteiger partial charge in [-0.3, -0.25) is 0 Å². The highest BCUT2D eigenvalue weighted by Crippen LogP contribution is 2.24. The van der Waals surface area contributed by atoms with Crippen molar-refractivity contribution in [1.82, 2.24) is 5.32 Å². The molecule has 0 atom stereocenters. The van der Waals surface area contributed by atoms with Crippen LogP contribution in [0.1, 0.15) is 25.7 Å². The number of benzene rings is 1. The molecule has 0 aromatic heterocycles. The Kier molecular flexibility index (Phi) is 5.06. The van der Waals surface area contributed by atoms with Crippen molar-refractivity contribution < 1.29 is 23.1 Å². The average Bonchev–Trinajstić information content (AvgIpc) is 2.49. The van der Waals surface area contributed by atoms with Crippen molar-refractivity contribution in [3.05, 3.63) is 29.6 Å². The SMILES string of the molecule is O=C(Nc1ccc(F)c(F)c1F)NC1CCC(CO)CC1. The van der Waals surface area contributed by atoms with Crippen LogP contribution in [0.4, 0.5) is 23.7 Å². The lowest BCUT2D eigenvalue weighted by Gasteiger charge is -2.27. The van der Waals surface area contributed by atoms with Gasteiger partial charge in [0.25, 0.3) is 0 Å². The van der Waals surface area contributed by atoms with Gasteiger partial charge in [0.1, 0.15) is 0 Å². The van der Waals surface area contributed by atoms with Crippen LogP contribution in [-0.2, 0) is 0 Å². The van der Waals surface area contributed by atoms with E-state index in [-0.39, 0.29) is 18.6 Å². The molecule has 1 saturated carbocycles. The predicted octanol–water partition coefficient (Wildman–Crippen LogP) is 2.78. The minimum absolute atomic E-state index is 0.0684. The quantitative estimate of drug-likeness (QED) is 0.752. The molecule has 1 fully saturated rings. The first-order valence-electron chi connectivity index (χ1n) is 6.83. The molecule has 21 heavy (non-hydrogen) atoms. The van der Waals surface area contributed by atoms with E-state index in [2.05, 4.69) is 10.6 Å². The van der Waals surface area contributed by atoms with Crippen molar-refractivity contribution >= 4 is 11.7 Å². The molecule has 1 aromatic rings. The zero-order valence-corrected chi connectivity index (χ0v) is 11.3. The van der Waals surface area contributed by atoms with E-state index in [0.29, 0.717) is 0 Å².